The molecule has 0 aliphatic heterocycles. The van der Waals surface area contributed by atoms with Gasteiger partial charge in [-0.3, -0.25) is 0 Å². The maximum absolute atomic E-state index is 9.93. The van der Waals surface area contributed by atoms with Gasteiger partial charge in [-0.1, -0.05) is 29.8 Å². The third kappa shape index (κ3) is 4.02. The fourth-order valence-electron chi connectivity index (χ4n) is 1.55. The Labute approximate surface area is 91.9 Å². The molecule has 1 N–H and O–H groups in total. The first-order valence-electron chi connectivity index (χ1n) is 5.41. The summed E-state index contributed by atoms with van der Waals surface area (Å²) in [6.45, 7) is 4.05. The molecule has 0 fully saturated rings. The van der Waals surface area contributed by atoms with E-state index in [4.69, 9.17) is 4.74 Å². The molecule has 0 saturated carbocycles. The average Bonchev–Trinajstić information content (AvgIpc) is 2.25. The highest BCUT2D eigenvalue weighted by molar-refractivity contribution is 5.23. The van der Waals surface area contributed by atoms with Gasteiger partial charge in [-0.25, -0.2) is 0 Å². The molecule has 1 aromatic carbocycles. The third-order valence-electron chi connectivity index (χ3n) is 2.68. The van der Waals surface area contributed by atoms with Crippen molar-refractivity contribution in [3.63, 3.8) is 0 Å². The van der Waals surface area contributed by atoms with E-state index in [1.807, 2.05) is 38.1 Å². The Kier molecular flexibility index (Phi) is 4.79. The van der Waals surface area contributed by atoms with E-state index in [2.05, 4.69) is 0 Å². The van der Waals surface area contributed by atoms with Crippen LogP contribution in [0.4, 0.5) is 0 Å². The number of rotatable bonds is 5. The largest absolute Gasteiger partial charge is 0.388 e. The molecule has 0 aliphatic rings. The van der Waals surface area contributed by atoms with Crippen molar-refractivity contribution >= 4 is 0 Å². The van der Waals surface area contributed by atoms with Gasteiger partial charge >= 0.3 is 0 Å². The molecule has 2 heteroatoms. The number of ether oxygens (including phenoxy) is 1. The van der Waals surface area contributed by atoms with E-state index in [1.54, 1.807) is 7.11 Å². The summed E-state index contributed by atoms with van der Waals surface area (Å²) in [6, 6.07) is 8.01. The SMILES string of the molecule is COC(C)CCC(O)c1cccc(C)c1. The average molecular weight is 208 g/mol. The van der Waals surface area contributed by atoms with E-state index < -0.39 is 0 Å². The van der Waals surface area contributed by atoms with Crippen LogP contribution in [-0.4, -0.2) is 18.3 Å². The molecule has 84 valence electrons. The lowest BCUT2D eigenvalue weighted by molar-refractivity contribution is 0.0851. The zero-order chi connectivity index (χ0) is 11.3. The predicted octanol–water partition coefficient (Wildman–Crippen LogP) is 2.84. The molecule has 1 aromatic rings. The van der Waals surface area contributed by atoms with Crippen molar-refractivity contribution in [2.75, 3.05) is 7.11 Å². The lowest BCUT2D eigenvalue weighted by atomic mass is 10.0. The zero-order valence-electron chi connectivity index (χ0n) is 9.73. The van der Waals surface area contributed by atoms with Crippen molar-refractivity contribution in [1.82, 2.24) is 0 Å². The summed E-state index contributed by atoms with van der Waals surface area (Å²) in [4.78, 5) is 0. The monoisotopic (exact) mass is 208 g/mol. The minimum Gasteiger partial charge on any atom is -0.388 e. The van der Waals surface area contributed by atoms with Gasteiger partial charge in [-0.2, -0.15) is 0 Å². The quantitative estimate of drug-likeness (QED) is 0.806. The molecular weight excluding hydrogens is 188 g/mol. The van der Waals surface area contributed by atoms with E-state index in [9.17, 15) is 5.11 Å². The molecule has 2 atom stereocenters. The van der Waals surface area contributed by atoms with Crippen molar-refractivity contribution < 1.29 is 9.84 Å². The van der Waals surface area contributed by atoms with Gasteiger partial charge in [0.15, 0.2) is 0 Å². The van der Waals surface area contributed by atoms with Gasteiger partial charge in [0.25, 0.3) is 0 Å². The Morgan fingerprint density at radius 1 is 1.33 bits per heavy atom. The van der Waals surface area contributed by atoms with Gasteiger partial charge in [-0.05, 0) is 32.3 Å². The van der Waals surface area contributed by atoms with Crippen LogP contribution in [0.3, 0.4) is 0 Å². The van der Waals surface area contributed by atoms with Gasteiger partial charge in [0.05, 0.1) is 12.2 Å². The first kappa shape index (κ1) is 12.2. The van der Waals surface area contributed by atoms with E-state index in [0.29, 0.717) is 0 Å². The highest BCUT2D eigenvalue weighted by Crippen LogP contribution is 2.20. The van der Waals surface area contributed by atoms with Crippen molar-refractivity contribution in [3.05, 3.63) is 35.4 Å². The van der Waals surface area contributed by atoms with Crippen LogP contribution in [0.25, 0.3) is 0 Å². The second-order valence-corrected chi connectivity index (χ2v) is 4.05. The van der Waals surface area contributed by atoms with Gasteiger partial charge in [-0.15, -0.1) is 0 Å². The van der Waals surface area contributed by atoms with E-state index in [-0.39, 0.29) is 12.2 Å². The molecule has 0 spiro atoms. The number of methoxy groups -OCH3 is 1. The molecule has 0 aliphatic carbocycles. The fraction of sp³-hybridized carbons (Fsp3) is 0.538. The molecule has 1 rings (SSSR count). The number of aliphatic hydroxyl groups is 1. The van der Waals surface area contributed by atoms with Gasteiger partial charge in [0.1, 0.15) is 0 Å². The minimum atomic E-state index is -0.373. The second-order valence-electron chi connectivity index (χ2n) is 4.05. The summed E-state index contributed by atoms with van der Waals surface area (Å²) >= 11 is 0. The Morgan fingerprint density at radius 2 is 2.07 bits per heavy atom. The normalized spacial score (nSPS) is 14.9. The first-order chi connectivity index (χ1) is 7.13. The van der Waals surface area contributed by atoms with E-state index in [0.717, 1.165) is 18.4 Å². The van der Waals surface area contributed by atoms with Crippen LogP contribution in [0.15, 0.2) is 24.3 Å². The summed E-state index contributed by atoms with van der Waals surface area (Å²) in [5.74, 6) is 0. The highest BCUT2D eigenvalue weighted by atomic mass is 16.5. The summed E-state index contributed by atoms with van der Waals surface area (Å²) < 4.78 is 5.15. The van der Waals surface area contributed by atoms with Crippen molar-refractivity contribution in [1.29, 1.82) is 0 Å². The van der Waals surface area contributed by atoms with Gasteiger partial charge in [0, 0.05) is 7.11 Å². The Morgan fingerprint density at radius 3 is 2.67 bits per heavy atom. The summed E-state index contributed by atoms with van der Waals surface area (Å²) in [7, 11) is 1.70. The van der Waals surface area contributed by atoms with Crippen LogP contribution in [0, 0.1) is 6.92 Å². The van der Waals surface area contributed by atoms with Crippen LogP contribution < -0.4 is 0 Å². The Hall–Kier alpha value is -0.860. The van der Waals surface area contributed by atoms with E-state index >= 15 is 0 Å². The highest BCUT2D eigenvalue weighted by Gasteiger charge is 2.09. The molecule has 2 nitrogen and oxygen atoms in total. The lowest BCUT2D eigenvalue weighted by Gasteiger charge is -2.14. The Balaban J connectivity index is 2.50. The lowest BCUT2D eigenvalue weighted by Crippen LogP contribution is -2.07. The Bertz CT molecular complexity index is 296. The smallest absolute Gasteiger partial charge is 0.0791 e. The standard InChI is InChI=1S/C13H20O2/c1-10-5-4-6-12(9-10)13(14)8-7-11(2)15-3/h4-6,9,11,13-14H,7-8H2,1-3H3. The van der Waals surface area contributed by atoms with Crippen LogP contribution in [-0.2, 0) is 4.74 Å². The van der Waals surface area contributed by atoms with Crippen LogP contribution >= 0.6 is 0 Å². The molecular formula is C13H20O2. The fourth-order valence-corrected chi connectivity index (χ4v) is 1.55. The van der Waals surface area contributed by atoms with Crippen LogP contribution in [0.5, 0.6) is 0 Å². The summed E-state index contributed by atoms with van der Waals surface area (Å²) in [5, 5.41) is 9.93. The summed E-state index contributed by atoms with van der Waals surface area (Å²) in [6.07, 6.45) is 1.47. The molecule has 2 unspecified atom stereocenters. The van der Waals surface area contributed by atoms with Crippen molar-refractivity contribution in [2.24, 2.45) is 0 Å². The molecule has 0 amide bonds. The van der Waals surface area contributed by atoms with Gasteiger partial charge < -0.3 is 9.84 Å². The van der Waals surface area contributed by atoms with Crippen LogP contribution in [0.1, 0.15) is 37.0 Å². The molecule has 0 radical (unpaired) electrons. The number of aryl methyl sites for hydroxylation is 1. The molecule has 0 aromatic heterocycles. The van der Waals surface area contributed by atoms with Crippen molar-refractivity contribution in [2.45, 2.75) is 38.9 Å². The second kappa shape index (κ2) is 5.89. The molecule has 0 heterocycles. The number of benzene rings is 1. The van der Waals surface area contributed by atoms with E-state index in [1.165, 1.54) is 5.56 Å². The third-order valence-corrected chi connectivity index (χ3v) is 2.68. The maximum atomic E-state index is 9.93. The summed E-state index contributed by atoms with van der Waals surface area (Å²) in [5.41, 5.74) is 2.18. The number of hydrogen-bond acceptors (Lipinski definition) is 2. The molecule has 0 saturated heterocycles. The number of hydrogen-bond donors (Lipinski definition) is 1. The first-order valence-corrected chi connectivity index (χ1v) is 5.41. The van der Waals surface area contributed by atoms with Crippen molar-refractivity contribution in [3.8, 4) is 0 Å². The predicted molar refractivity (Wildman–Crippen MR) is 61.8 cm³/mol. The van der Waals surface area contributed by atoms with Crippen LogP contribution in [0.2, 0.25) is 0 Å². The number of aliphatic hydroxyl groups excluding tert-OH is 1. The van der Waals surface area contributed by atoms with Gasteiger partial charge in [0.2, 0.25) is 0 Å². The molecule has 0 bridgehead atoms. The molecule has 15 heavy (non-hydrogen) atoms. The maximum Gasteiger partial charge on any atom is 0.0791 e. The zero-order valence-corrected chi connectivity index (χ0v) is 9.73. The topological polar surface area (TPSA) is 29.5 Å². The minimum absolute atomic E-state index is 0.212.